The normalized spacial score (nSPS) is 17.0. The molecule has 1 saturated heterocycles. The van der Waals surface area contributed by atoms with Gasteiger partial charge in [-0.1, -0.05) is 12.1 Å². The molecule has 1 N–H and O–H groups in total. The Balaban J connectivity index is 1.93. The van der Waals surface area contributed by atoms with E-state index in [0.29, 0.717) is 23.6 Å². The molecular weight excluding hydrogens is 315 g/mol. The number of halogens is 1. The molecule has 4 nitrogen and oxygen atoms in total. The number of benzene rings is 1. The number of hydrogen-bond donors (Lipinski definition) is 1. The van der Waals surface area contributed by atoms with Crippen molar-refractivity contribution in [1.29, 1.82) is 5.26 Å². The smallest absolute Gasteiger partial charge is 0.254 e. The van der Waals surface area contributed by atoms with Crippen LogP contribution in [0, 0.1) is 24.1 Å². The molecule has 0 saturated carbocycles. The van der Waals surface area contributed by atoms with Crippen molar-refractivity contribution in [3.05, 3.63) is 40.5 Å². The molecule has 1 unspecified atom stereocenters. The van der Waals surface area contributed by atoms with Gasteiger partial charge in [0.05, 0.1) is 5.56 Å². The first-order valence-corrected chi connectivity index (χ1v) is 8.13. The molecule has 0 bridgehead atoms. The van der Waals surface area contributed by atoms with Gasteiger partial charge in [0, 0.05) is 17.0 Å². The number of ether oxygens (including phenoxy) is 1. The highest BCUT2D eigenvalue weighted by Crippen LogP contribution is 2.39. The van der Waals surface area contributed by atoms with Gasteiger partial charge in [0.25, 0.3) is 5.91 Å². The second-order valence-corrected chi connectivity index (χ2v) is 6.57. The first-order chi connectivity index (χ1) is 11.1. The van der Waals surface area contributed by atoms with Crippen molar-refractivity contribution in [3.63, 3.8) is 0 Å². The maximum atomic E-state index is 13.1. The molecule has 0 aliphatic carbocycles. The van der Waals surface area contributed by atoms with Crippen molar-refractivity contribution in [2.45, 2.75) is 25.9 Å². The number of carbonyl (C=O) groups excluding carboxylic acids is 1. The fourth-order valence-corrected chi connectivity index (χ4v) is 3.71. The third-order valence-corrected chi connectivity index (χ3v) is 4.81. The van der Waals surface area contributed by atoms with Crippen molar-refractivity contribution in [1.82, 2.24) is 0 Å². The summed E-state index contributed by atoms with van der Waals surface area (Å²) in [6.45, 7) is 2.47. The highest BCUT2D eigenvalue weighted by atomic mass is 32.1. The van der Waals surface area contributed by atoms with Crippen LogP contribution in [-0.4, -0.2) is 18.6 Å². The van der Waals surface area contributed by atoms with E-state index in [4.69, 9.17) is 4.74 Å². The summed E-state index contributed by atoms with van der Waals surface area (Å²) in [5.41, 5.74) is 1.90. The van der Waals surface area contributed by atoms with Crippen LogP contribution in [0.3, 0.4) is 0 Å². The number of amides is 1. The molecule has 0 spiro atoms. The second-order valence-electron chi connectivity index (χ2n) is 5.35. The van der Waals surface area contributed by atoms with Gasteiger partial charge in [0.1, 0.15) is 23.0 Å². The maximum absolute atomic E-state index is 13.1. The minimum Gasteiger partial charge on any atom is -0.368 e. The van der Waals surface area contributed by atoms with E-state index in [9.17, 15) is 14.4 Å². The standard InChI is InChI=1S/C17H15FN2O2S/c1-10-15(11-4-6-12(18)7-5-11)13(9-19)17(23-10)20-16(21)14-3-2-8-22-14/h4-7,14H,2-3,8H2,1H3,(H,20,21). The van der Waals surface area contributed by atoms with E-state index < -0.39 is 6.10 Å². The summed E-state index contributed by atoms with van der Waals surface area (Å²) < 4.78 is 18.5. The van der Waals surface area contributed by atoms with Crippen molar-refractivity contribution < 1.29 is 13.9 Å². The zero-order valence-corrected chi connectivity index (χ0v) is 13.4. The van der Waals surface area contributed by atoms with Gasteiger partial charge in [-0.15, -0.1) is 11.3 Å². The first-order valence-electron chi connectivity index (χ1n) is 7.32. The van der Waals surface area contributed by atoms with Gasteiger partial charge in [-0.2, -0.15) is 5.26 Å². The van der Waals surface area contributed by atoms with Crippen LogP contribution in [0.1, 0.15) is 23.3 Å². The van der Waals surface area contributed by atoms with Gasteiger partial charge in [-0.25, -0.2) is 4.39 Å². The van der Waals surface area contributed by atoms with Crippen LogP contribution in [0.4, 0.5) is 9.39 Å². The van der Waals surface area contributed by atoms with Gasteiger partial charge in [-0.05, 0) is 37.5 Å². The molecule has 2 heterocycles. The minimum atomic E-state index is -0.446. The Morgan fingerprint density at radius 3 is 2.78 bits per heavy atom. The van der Waals surface area contributed by atoms with Crippen molar-refractivity contribution in [3.8, 4) is 17.2 Å². The predicted molar refractivity (Wildman–Crippen MR) is 86.8 cm³/mol. The Morgan fingerprint density at radius 1 is 1.43 bits per heavy atom. The zero-order valence-electron chi connectivity index (χ0n) is 12.6. The molecule has 118 valence electrons. The van der Waals surface area contributed by atoms with Crippen LogP contribution in [0.15, 0.2) is 24.3 Å². The monoisotopic (exact) mass is 330 g/mol. The summed E-state index contributed by atoms with van der Waals surface area (Å²) in [6, 6.07) is 8.15. The summed E-state index contributed by atoms with van der Waals surface area (Å²) in [5.74, 6) is -0.544. The van der Waals surface area contributed by atoms with Gasteiger partial charge >= 0.3 is 0 Å². The Hall–Kier alpha value is -2.23. The summed E-state index contributed by atoms with van der Waals surface area (Å²) in [4.78, 5) is 13.1. The van der Waals surface area contributed by atoms with Crippen molar-refractivity contribution in [2.75, 3.05) is 11.9 Å². The maximum Gasteiger partial charge on any atom is 0.254 e. The quantitative estimate of drug-likeness (QED) is 0.930. The molecule has 1 aliphatic heterocycles. The molecule has 1 atom stereocenters. The van der Waals surface area contributed by atoms with Crippen LogP contribution in [-0.2, 0) is 9.53 Å². The van der Waals surface area contributed by atoms with Crippen LogP contribution < -0.4 is 5.32 Å². The van der Waals surface area contributed by atoms with E-state index in [0.717, 1.165) is 22.4 Å². The number of hydrogen-bond acceptors (Lipinski definition) is 4. The molecule has 1 amide bonds. The van der Waals surface area contributed by atoms with E-state index in [2.05, 4.69) is 11.4 Å². The lowest BCUT2D eigenvalue weighted by molar-refractivity contribution is -0.124. The second kappa shape index (κ2) is 6.49. The average molecular weight is 330 g/mol. The van der Waals surface area contributed by atoms with E-state index in [1.165, 1.54) is 23.5 Å². The van der Waals surface area contributed by atoms with Gasteiger partial charge in [0.15, 0.2) is 0 Å². The number of nitrogens with one attached hydrogen (secondary N) is 1. The zero-order chi connectivity index (χ0) is 16.4. The van der Waals surface area contributed by atoms with Crippen LogP contribution in [0.5, 0.6) is 0 Å². The van der Waals surface area contributed by atoms with Gasteiger partial charge in [-0.3, -0.25) is 4.79 Å². The Bertz CT molecular complexity index is 771. The molecule has 1 aromatic heterocycles. The first kappa shape index (κ1) is 15.7. The van der Waals surface area contributed by atoms with E-state index >= 15 is 0 Å². The molecule has 1 aliphatic rings. The number of carbonyl (C=O) groups is 1. The Morgan fingerprint density at radius 2 is 2.17 bits per heavy atom. The predicted octanol–water partition coefficient (Wildman–Crippen LogP) is 3.85. The summed E-state index contributed by atoms with van der Waals surface area (Å²) in [7, 11) is 0. The molecular formula is C17H15FN2O2S. The summed E-state index contributed by atoms with van der Waals surface area (Å²) in [6.07, 6.45) is 1.12. The number of thiophene rings is 1. The third kappa shape index (κ3) is 3.11. The lowest BCUT2D eigenvalue weighted by Gasteiger charge is -2.09. The van der Waals surface area contributed by atoms with Crippen molar-refractivity contribution in [2.24, 2.45) is 0 Å². The average Bonchev–Trinajstić information content (AvgIpc) is 3.16. The van der Waals surface area contributed by atoms with Gasteiger partial charge in [0.2, 0.25) is 0 Å². The number of nitriles is 1. The summed E-state index contributed by atoms with van der Waals surface area (Å²) >= 11 is 1.35. The van der Waals surface area contributed by atoms with E-state index in [1.54, 1.807) is 12.1 Å². The largest absolute Gasteiger partial charge is 0.368 e. The molecule has 2 aromatic rings. The van der Waals surface area contributed by atoms with Crippen LogP contribution in [0.2, 0.25) is 0 Å². The third-order valence-electron chi connectivity index (χ3n) is 3.79. The SMILES string of the molecule is Cc1sc(NC(=O)C2CCCO2)c(C#N)c1-c1ccc(F)cc1. The van der Waals surface area contributed by atoms with Crippen LogP contribution >= 0.6 is 11.3 Å². The fourth-order valence-electron chi connectivity index (χ4n) is 2.68. The Labute approximate surface area is 137 Å². The number of aryl methyl sites for hydroxylation is 1. The molecule has 1 fully saturated rings. The van der Waals surface area contributed by atoms with Crippen molar-refractivity contribution >= 4 is 22.2 Å². The highest BCUT2D eigenvalue weighted by Gasteiger charge is 2.26. The molecule has 3 rings (SSSR count). The summed E-state index contributed by atoms with van der Waals surface area (Å²) in [5, 5.41) is 12.8. The van der Waals surface area contributed by atoms with E-state index in [-0.39, 0.29) is 11.7 Å². The lowest BCUT2D eigenvalue weighted by atomic mass is 10.0. The number of nitrogens with zero attached hydrogens (tertiary/aromatic N) is 1. The number of rotatable bonds is 3. The molecule has 0 radical (unpaired) electrons. The molecule has 6 heteroatoms. The Kier molecular flexibility index (Phi) is 4.42. The topological polar surface area (TPSA) is 62.1 Å². The fraction of sp³-hybridized carbons (Fsp3) is 0.294. The van der Waals surface area contributed by atoms with Gasteiger partial charge < -0.3 is 10.1 Å². The van der Waals surface area contributed by atoms with E-state index in [1.807, 2.05) is 6.92 Å². The lowest BCUT2D eigenvalue weighted by Crippen LogP contribution is -2.26. The molecule has 23 heavy (non-hydrogen) atoms. The number of anilines is 1. The molecule has 1 aromatic carbocycles. The minimum absolute atomic E-state index is 0.217. The van der Waals surface area contributed by atoms with Crippen LogP contribution in [0.25, 0.3) is 11.1 Å². The highest BCUT2D eigenvalue weighted by molar-refractivity contribution is 7.17.